The van der Waals surface area contributed by atoms with Crippen LogP contribution in [0.15, 0.2) is 77.7 Å². The van der Waals surface area contributed by atoms with Gasteiger partial charge in [0.1, 0.15) is 0 Å². The van der Waals surface area contributed by atoms with Gasteiger partial charge in [-0.05, 0) is 50.2 Å². The standard InChI is InChI=1S/C27H22N14O4S4/c1-12-18(20(28)40(38-12)16-7-3-5-14(9-16)22(42)43)30-32-24-34-36-26(48-24)46-11-47-27-37-35-25(49-27)33-31-19-13(2)39-41(21(19)29)17-8-4-6-15(10-17)23(44)45/h3-10H,11,28-29H2,1-2H3,(H,42,43)(H,44,45). The molecule has 0 atom stereocenters. The van der Waals surface area contributed by atoms with Crippen LogP contribution in [0.3, 0.4) is 0 Å². The van der Waals surface area contributed by atoms with Gasteiger partial charge in [0.2, 0.25) is 0 Å². The van der Waals surface area contributed by atoms with E-state index in [0.29, 0.717) is 58.2 Å². The summed E-state index contributed by atoms with van der Waals surface area (Å²) in [5.41, 5.74) is 15.4. The SMILES string of the molecule is Cc1nn(-c2cccc(C(=O)O)c2)c(N)c1N=Nc1nnc(SCSc2nnc(N=Nc3c(C)nn(-c4cccc(C(=O)O)c4)c3N)s2)s1. The molecule has 0 radical (unpaired) electrons. The highest BCUT2D eigenvalue weighted by atomic mass is 32.2. The molecule has 0 spiro atoms. The fraction of sp³-hybridized carbons (Fsp3) is 0.111. The third kappa shape index (κ3) is 7.45. The quantitative estimate of drug-likeness (QED) is 0.0585. The average molecular weight is 735 g/mol. The lowest BCUT2D eigenvalue weighted by Crippen LogP contribution is -2.04. The first kappa shape index (κ1) is 33.3. The van der Waals surface area contributed by atoms with E-state index in [-0.39, 0.29) is 22.8 Å². The molecule has 6 rings (SSSR count). The number of hydrogen-bond donors (Lipinski definition) is 4. The summed E-state index contributed by atoms with van der Waals surface area (Å²) >= 11 is 5.35. The van der Waals surface area contributed by atoms with Crippen molar-refractivity contribution in [3.8, 4) is 11.4 Å². The number of benzene rings is 2. The lowest BCUT2D eigenvalue weighted by Gasteiger charge is -2.04. The lowest BCUT2D eigenvalue weighted by molar-refractivity contribution is 0.0686. The van der Waals surface area contributed by atoms with Crippen LogP contribution in [0, 0.1) is 13.8 Å². The number of anilines is 2. The maximum Gasteiger partial charge on any atom is 0.335 e. The molecule has 0 unspecified atom stereocenters. The number of carboxylic acids is 2. The second kappa shape index (κ2) is 14.3. The van der Waals surface area contributed by atoms with Gasteiger partial charge in [-0.1, -0.05) is 58.3 Å². The number of nitrogens with two attached hydrogens (primary N) is 2. The molecule has 248 valence electrons. The van der Waals surface area contributed by atoms with Crippen molar-refractivity contribution < 1.29 is 19.8 Å². The summed E-state index contributed by atoms with van der Waals surface area (Å²) in [5.74, 6) is -1.72. The summed E-state index contributed by atoms with van der Waals surface area (Å²) in [7, 11) is 0. The zero-order valence-corrected chi connectivity index (χ0v) is 28.5. The molecule has 18 nitrogen and oxygen atoms in total. The number of azo groups is 2. The minimum Gasteiger partial charge on any atom is -0.478 e. The van der Waals surface area contributed by atoms with E-state index in [0.717, 1.165) is 0 Å². The van der Waals surface area contributed by atoms with Gasteiger partial charge in [-0.15, -0.1) is 40.9 Å². The van der Waals surface area contributed by atoms with Crippen LogP contribution in [-0.2, 0) is 0 Å². The molecule has 6 aromatic rings. The summed E-state index contributed by atoms with van der Waals surface area (Å²) in [6.07, 6.45) is 0. The molecule has 0 fully saturated rings. The van der Waals surface area contributed by atoms with E-state index >= 15 is 0 Å². The molecule has 4 heterocycles. The first-order chi connectivity index (χ1) is 23.6. The lowest BCUT2D eigenvalue weighted by atomic mass is 10.2. The van der Waals surface area contributed by atoms with E-state index in [2.05, 4.69) is 51.0 Å². The molecule has 0 bridgehead atoms. The maximum atomic E-state index is 11.3. The Morgan fingerprint density at radius 1 is 0.714 bits per heavy atom. The van der Waals surface area contributed by atoms with Crippen LogP contribution in [0.1, 0.15) is 32.1 Å². The third-order valence-electron chi connectivity index (χ3n) is 6.43. The van der Waals surface area contributed by atoms with Crippen molar-refractivity contribution in [1.29, 1.82) is 0 Å². The Labute approximate surface area is 292 Å². The van der Waals surface area contributed by atoms with E-state index in [1.54, 1.807) is 38.1 Å². The number of carbonyl (C=O) groups is 2. The fourth-order valence-corrected chi connectivity index (χ4v) is 8.00. The van der Waals surface area contributed by atoms with Gasteiger partial charge in [0, 0.05) is 0 Å². The van der Waals surface area contributed by atoms with Crippen LogP contribution in [0.2, 0.25) is 0 Å². The Morgan fingerprint density at radius 3 is 1.55 bits per heavy atom. The van der Waals surface area contributed by atoms with Crippen molar-refractivity contribution in [2.45, 2.75) is 22.5 Å². The number of nitrogen functional groups attached to an aromatic ring is 2. The van der Waals surface area contributed by atoms with Crippen molar-refractivity contribution in [2.24, 2.45) is 20.5 Å². The second-order valence-corrected chi connectivity index (χ2v) is 14.4. The molecule has 22 heteroatoms. The van der Waals surface area contributed by atoms with Gasteiger partial charge >= 0.3 is 11.9 Å². The molecule has 0 saturated carbocycles. The number of hydrogen-bond acceptors (Lipinski definition) is 18. The molecular weight excluding hydrogens is 713 g/mol. The van der Waals surface area contributed by atoms with Gasteiger partial charge in [-0.2, -0.15) is 10.2 Å². The smallest absolute Gasteiger partial charge is 0.335 e. The Bertz CT molecular complexity index is 2100. The first-order valence-corrected chi connectivity index (χ1v) is 17.3. The molecule has 4 aromatic heterocycles. The summed E-state index contributed by atoms with van der Waals surface area (Å²) in [5, 5.41) is 61.7. The van der Waals surface area contributed by atoms with Crippen LogP contribution in [0.25, 0.3) is 11.4 Å². The monoisotopic (exact) mass is 734 g/mol. The number of carboxylic acid groups (broad SMARTS) is 2. The number of aromatic carboxylic acids is 2. The first-order valence-electron chi connectivity index (χ1n) is 13.7. The predicted octanol–water partition coefficient (Wildman–Crippen LogP) is 6.61. The Kier molecular flexibility index (Phi) is 9.70. The maximum absolute atomic E-state index is 11.3. The molecule has 2 aromatic carbocycles. The number of thioether (sulfide) groups is 2. The van der Waals surface area contributed by atoms with Crippen LogP contribution >= 0.6 is 46.2 Å². The predicted molar refractivity (Wildman–Crippen MR) is 184 cm³/mol. The minimum absolute atomic E-state index is 0.105. The van der Waals surface area contributed by atoms with E-state index in [1.165, 1.54) is 79.8 Å². The summed E-state index contributed by atoms with van der Waals surface area (Å²) in [6, 6.07) is 12.5. The second-order valence-electron chi connectivity index (χ2n) is 9.68. The van der Waals surface area contributed by atoms with Gasteiger partial charge in [0.15, 0.2) is 31.7 Å². The molecule has 0 aliphatic carbocycles. The zero-order chi connectivity index (χ0) is 34.7. The molecule has 6 N–H and O–H groups in total. The summed E-state index contributed by atoms with van der Waals surface area (Å²) < 4.78 is 4.14. The van der Waals surface area contributed by atoms with Crippen LogP contribution in [0.5, 0.6) is 0 Å². The topological polar surface area (TPSA) is 263 Å². The molecule has 49 heavy (non-hydrogen) atoms. The van der Waals surface area contributed by atoms with Gasteiger partial charge in [-0.25, -0.2) is 19.0 Å². The third-order valence-corrected chi connectivity index (χ3v) is 10.4. The number of aromatic nitrogens is 8. The van der Waals surface area contributed by atoms with Gasteiger partial charge in [0.25, 0.3) is 10.3 Å². The van der Waals surface area contributed by atoms with Gasteiger partial charge in [0.05, 0.1) is 39.0 Å². The Morgan fingerprint density at radius 2 is 1.14 bits per heavy atom. The molecule has 0 aliphatic heterocycles. The van der Waals surface area contributed by atoms with Crippen LogP contribution in [0.4, 0.5) is 33.3 Å². The highest BCUT2D eigenvalue weighted by molar-refractivity contribution is 8.17. The summed E-state index contributed by atoms with van der Waals surface area (Å²) in [6.45, 7) is 3.44. The van der Waals surface area contributed by atoms with Crippen molar-refractivity contribution in [3.05, 3.63) is 71.0 Å². The normalized spacial score (nSPS) is 11.6. The summed E-state index contributed by atoms with van der Waals surface area (Å²) in [4.78, 5) is 22.7. The average Bonchev–Trinajstić information content (AvgIpc) is 3.86. The minimum atomic E-state index is -1.06. The van der Waals surface area contributed by atoms with Crippen LogP contribution in [-0.4, -0.2) is 67.2 Å². The molecule has 0 aliphatic rings. The Balaban J connectivity index is 1.05. The van der Waals surface area contributed by atoms with Crippen molar-refractivity contribution in [3.63, 3.8) is 0 Å². The van der Waals surface area contributed by atoms with Crippen LogP contribution < -0.4 is 11.5 Å². The van der Waals surface area contributed by atoms with E-state index < -0.39 is 11.9 Å². The number of rotatable bonds is 12. The van der Waals surface area contributed by atoms with E-state index in [4.69, 9.17) is 11.5 Å². The largest absolute Gasteiger partial charge is 0.478 e. The van der Waals surface area contributed by atoms with E-state index in [1.807, 2.05) is 0 Å². The Hall–Kier alpha value is -5.58. The van der Waals surface area contributed by atoms with Crippen molar-refractivity contribution in [1.82, 2.24) is 40.0 Å². The molecule has 0 amide bonds. The van der Waals surface area contributed by atoms with Gasteiger partial charge in [-0.3, -0.25) is 0 Å². The fourth-order valence-electron chi connectivity index (χ4n) is 4.17. The highest BCUT2D eigenvalue weighted by Gasteiger charge is 2.17. The number of nitrogens with zero attached hydrogens (tertiary/aromatic N) is 12. The van der Waals surface area contributed by atoms with Crippen molar-refractivity contribution >= 4 is 91.4 Å². The molecule has 0 saturated heterocycles. The highest BCUT2D eigenvalue weighted by Crippen LogP contribution is 2.37. The van der Waals surface area contributed by atoms with E-state index in [9.17, 15) is 19.8 Å². The van der Waals surface area contributed by atoms with Gasteiger partial charge < -0.3 is 21.7 Å². The zero-order valence-electron chi connectivity index (χ0n) is 25.2. The molecular formula is C27H22N14O4S4. The number of aryl methyl sites for hydroxylation is 2. The van der Waals surface area contributed by atoms with Crippen molar-refractivity contribution in [2.75, 3.05) is 16.6 Å².